The van der Waals surface area contributed by atoms with Gasteiger partial charge in [-0.3, -0.25) is 4.55 Å². The van der Waals surface area contributed by atoms with Gasteiger partial charge in [0.1, 0.15) is 28.1 Å². The summed E-state index contributed by atoms with van der Waals surface area (Å²) in [5.41, 5.74) is 9.12. The summed E-state index contributed by atoms with van der Waals surface area (Å²) in [6.45, 7) is 6.61. The van der Waals surface area contributed by atoms with Gasteiger partial charge in [0.15, 0.2) is 0 Å². The van der Waals surface area contributed by atoms with Gasteiger partial charge in [-0.25, -0.2) is 0 Å². The maximum absolute atomic E-state index is 13.4. The van der Waals surface area contributed by atoms with Gasteiger partial charge in [0.2, 0.25) is 0 Å². The summed E-state index contributed by atoms with van der Waals surface area (Å²) in [5.74, 6) is -0.154. The van der Waals surface area contributed by atoms with Crippen LogP contribution in [0.5, 0.6) is 0 Å². The molecule has 0 saturated carbocycles. The molecule has 1 unspecified atom stereocenters. The molecule has 1 atom stereocenters. The highest BCUT2D eigenvalue weighted by atomic mass is 32.2. The van der Waals surface area contributed by atoms with E-state index in [1.165, 1.54) is 22.3 Å². The van der Waals surface area contributed by atoms with Crippen LogP contribution in [-0.4, -0.2) is 18.1 Å². The molecular weight excluding hydrogens is 760 g/mol. The van der Waals surface area contributed by atoms with Crippen LogP contribution in [-0.2, 0) is 10.1 Å². The topological polar surface area (TPSA) is 54.4 Å². The lowest BCUT2D eigenvalue weighted by Gasteiger charge is -2.40. The highest BCUT2D eigenvalue weighted by Gasteiger charge is 2.58. The Morgan fingerprint density at radius 1 is 0.424 bits per heavy atom. The third kappa shape index (κ3) is 7.85. The minimum Gasteiger partial charge on any atom is -0.282 e. The van der Waals surface area contributed by atoms with Crippen molar-refractivity contribution in [2.75, 3.05) is 0 Å². The van der Waals surface area contributed by atoms with E-state index in [-0.39, 0.29) is 16.7 Å². The average Bonchev–Trinajstić information content (AvgIpc) is 3.26. The van der Waals surface area contributed by atoms with Crippen LogP contribution in [0.25, 0.3) is 11.1 Å². The van der Waals surface area contributed by atoms with Gasteiger partial charge in [0.25, 0.3) is 10.1 Å². The molecule has 0 radical (unpaired) electrons. The Bertz CT molecular complexity index is 2590. The van der Waals surface area contributed by atoms with Gasteiger partial charge < -0.3 is 0 Å². The fourth-order valence-corrected chi connectivity index (χ4v) is 15.6. The van der Waals surface area contributed by atoms with Crippen molar-refractivity contribution in [1.82, 2.24) is 0 Å². The summed E-state index contributed by atoms with van der Waals surface area (Å²) >= 11 is 0. The molecule has 0 amide bonds. The molecule has 0 fully saturated rings. The molecule has 8 aromatic carbocycles. The molecule has 0 saturated heterocycles. The van der Waals surface area contributed by atoms with Crippen molar-refractivity contribution in [3.05, 3.63) is 252 Å². The third-order valence-corrected chi connectivity index (χ3v) is 17.8. The van der Waals surface area contributed by atoms with E-state index in [1.54, 1.807) is 12.1 Å². The van der Waals surface area contributed by atoms with Gasteiger partial charge in [-0.15, -0.1) is 0 Å². The molecule has 0 aliphatic heterocycles. The number of hydrogen-bond donors (Lipinski definition) is 1. The summed E-state index contributed by atoms with van der Waals surface area (Å²) in [5, 5.41) is 2.21. The Morgan fingerprint density at radius 2 is 0.780 bits per heavy atom. The molecule has 292 valence electrons. The third-order valence-electron chi connectivity index (χ3n) is 11.4. The summed E-state index contributed by atoms with van der Waals surface area (Å²) < 4.78 is 37.7. The van der Waals surface area contributed by atoms with E-state index in [0.29, 0.717) is 5.30 Å². The molecule has 0 heterocycles. The van der Waals surface area contributed by atoms with Gasteiger partial charge in [-0.05, 0) is 90.0 Å². The van der Waals surface area contributed by atoms with Crippen LogP contribution in [0.1, 0.15) is 66.0 Å². The summed E-state index contributed by atoms with van der Waals surface area (Å²) in [6.07, 6.45) is 0. The second kappa shape index (κ2) is 16.8. The summed E-state index contributed by atoms with van der Waals surface area (Å²) in [4.78, 5) is -0.0576. The maximum Gasteiger partial charge on any atom is 0.298 e. The molecular formula is C54H48O3PS+. The minimum atomic E-state index is -4.60. The highest BCUT2D eigenvalue weighted by Crippen LogP contribution is 2.67. The molecule has 0 spiro atoms. The smallest absolute Gasteiger partial charge is 0.282 e. The van der Waals surface area contributed by atoms with Crippen molar-refractivity contribution in [1.29, 1.82) is 0 Å². The monoisotopic (exact) mass is 807 g/mol. The second-order valence-corrected chi connectivity index (χ2v) is 21.6. The number of rotatable bonds is 11. The number of benzene rings is 8. The largest absolute Gasteiger partial charge is 0.298 e. The Morgan fingerprint density at radius 3 is 1.19 bits per heavy atom. The Hall–Kier alpha value is -5.90. The van der Waals surface area contributed by atoms with Crippen LogP contribution in [0.4, 0.5) is 0 Å². The summed E-state index contributed by atoms with van der Waals surface area (Å²) in [7, 11) is -7.52. The minimum absolute atomic E-state index is 0.0576. The van der Waals surface area contributed by atoms with E-state index in [9.17, 15) is 13.0 Å². The lowest BCUT2D eigenvalue weighted by molar-refractivity contribution is 0.484. The molecule has 0 bridgehead atoms. The van der Waals surface area contributed by atoms with Gasteiger partial charge in [0.05, 0.1) is 5.16 Å². The zero-order valence-electron chi connectivity index (χ0n) is 33.6. The van der Waals surface area contributed by atoms with Crippen LogP contribution >= 0.6 is 7.26 Å². The normalized spacial score (nSPS) is 13.0. The van der Waals surface area contributed by atoms with Gasteiger partial charge in [0, 0.05) is 17.4 Å². The zero-order chi connectivity index (χ0) is 41.0. The first-order chi connectivity index (χ1) is 28.6. The van der Waals surface area contributed by atoms with E-state index in [2.05, 4.69) is 197 Å². The van der Waals surface area contributed by atoms with Crippen LogP contribution in [0.15, 0.2) is 223 Å². The van der Waals surface area contributed by atoms with Crippen molar-refractivity contribution in [3.8, 4) is 11.1 Å². The quantitative estimate of drug-likeness (QED) is 0.0804. The van der Waals surface area contributed by atoms with E-state index in [1.807, 2.05) is 30.3 Å². The van der Waals surface area contributed by atoms with Crippen molar-refractivity contribution >= 4 is 33.3 Å². The molecule has 5 heteroatoms. The molecule has 0 aromatic heterocycles. The number of hydrogen-bond acceptors (Lipinski definition) is 2. The van der Waals surface area contributed by atoms with Gasteiger partial charge in [-0.2, -0.15) is 8.42 Å². The van der Waals surface area contributed by atoms with Gasteiger partial charge >= 0.3 is 0 Å². The molecule has 59 heavy (non-hydrogen) atoms. The Labute approximate surface area is 350 Å². The van der Waals surface area contributed by atoms with Gasteiger partial charge in [-0.1, -0.05) is 188 Å². The van der Waals surface area contributed by atoms with E-state index in [4.69, 9.17) is 0 Å². The Balaban J connectivity index is 1.50. The van der Waals surface area contributed by atoms with Crippen LogP contribution in [0, 0.1) is 0 Å². The fraction of sp³-hybridized carbons (Fsp3) is 0.111. The van der Waals surface area contributed by atoms with E-state index >= 15 is 0 Å². The predicted octanol–water partition coefficient (Wildman–Crippen LogP) is 12.1. The van der Waals surface area contributed by atoms with Crippen molar-refractivity contribution in [2.45, 2.75) is 42.7 Å². The van der Waals surface area contributed by atoms with Crippen LogP contribution in [0.3, 0.4) is 0 Å². The molecule has 1 N–H and O–H groups in total. The SMILES string of the molecule is CC(C)(C)[P+](c1ccccc1)(c1ccccc1-c1cc(C(c2ccccc2)c2ccccc2)cc(C(c2ccccc2)c2ccccc2)c1)c1ccccc1S(=O)(=O)O. The lowest BCUT2D eigenvalue weighted by Crippen LogP contribution is -2.44. The Kier molecular flexibility index (Phi) is 11.3. The standard InChI is InChI=1S/C54H47O3PS/c1-54(2,3)58(47-31-17-8-18-32-47,50-35-21-22-36-51(50)59(55,56)57)49-34-20-19-33-48(49)44-37-45(52(40-23-9-4-10-24-40)41-25-11-5-12-26-41)39-46(38-44)53(42-27-13-6-14-28-42)43-29-15-7-16-30-43/h4-39,52-53H,1-3H3/p+1. The first-order valence-electron chi connectivity index (χ1n) is 20.0. The maximum atomic E-state index is 13.4. The first-order valence-corrected chi connectivity index (χ1v) is 23.3. The van der Waals surface area contributed by atoms with Crippen molar-refractivity contribution < 1.29 is 13.0 Å². The average molecular weight is 808 g/mol. The molecule has 0 aliphatic carbocycles. The van der Waals surface area contributed by atoms with Crippen molar-refractivity contribution in [2.24, 2.45) is 0 Å². The molecule has 8 aromatic rings. The van der Waals surface area contributed by atoms with Crippen LogP contribution in [0.2, 0.25) is 0 Å². The van der Waals surface area contributed by atoms with E-state index in [0.717, 1.165) is 32.9 Å². The lowest BCUT2D eigenvalue weighted by atomic mass is 9.79. The second-order valence-electron chi connectivity index (χ2n) is 16.0. The fourth-order valence-electron chi connectivity index (χ4n) is 9.03. The summed E-state index contributed by atoms with van der Waals surface area (Å²) in [6, 6.07) is 75.8. The predicted molar refractivity (Wildman–Crippen MR) is 248 cm³/mol. The molecule has 8 rings (SSSR count). The highest BCUT2D eigenvalue weighted by molar-refractivity contribution is 7.98. The molecule has 3 nitrogen and oxygen atoms in total. The van der Waals surface area contributed by atoms with E-state index < -0.39 is 22.5 Å². The van der Waals surface area contributed by atoms with Crippen molar-refractivity contribution in [3.63, 3.8) is 0 Å². The van der Waals surface area contributed by atoms with Crippen LogP contribution < -0.4 is 15.9 Å². The zero-order valence-corrected chi connectivity index (χ0v) is 35.3. The first kappa shape index (κ1) is 39.9. The molecule has 0 aliphatic rings.